The molecule has 0 aromatic heterocycles. The summed E-state index contributed by atoms with van der Waals surface area (Å²) >= 11 is 6.38. The number of nitrogens with zero attached hydrogens (tertiary/aromatic N) is 2. The maximum atomic E-state index is 12.2. The molecule has 2 aliphatic rings. The van der Waals surface area contributed by atoms with Crippen LogP contribution in [0, 0.1) is 11.8 Å². The van der Waals surface area contributed by atoms with Crippen LogP contribution >= 0.6 is 11.6 Å². The molecule has 1 heterocycles. The second-order valence-corrected chi connectivity index (χ2v) is 12.6. The van der Waals surface area contributed by atoms with Crippen molar-refractivity contribution in [3.63, 3.8) is 0 Å². The van der Waals surface area contributed by atoms with Crippen molar-refractivity contribution in [3.8, 4) is 5.75 Å². The van der Waals surface area contributed by atoms with Gasteiger partial charge in [-0.05, 0) is 84.9 Å². The number of amides is 1. The van der Waals surface area contributed by atoms with Crippen LogP contribution in [-0.4, -0.2) is 73.5 Å². The predicted octanol–water partition coefficient (Wildman–Crippen LogP) is 5.68. The van der Waals surface area contributed by atoms with E-state index >= 15 is 0 Å². The molecule has 1 amide bonds. The summed E-state index contributed by atoms with van der Waals surface area (Å²) in [5.41, 5.74) is 3.71. The number of aryl methyl sites for hydroxylation is 1. The van der Waals surface area contributed by atoms with E-state index in [0.29, 0.717) is 37.6 Å². The number of halogens is 1. The molecule has 2 N–H and O–H groups in total. The summed E-state index contributed by atoms with van der Waals surface area (Å²) in [6.45, 7) is 6.29. The molecule has 8 nitrogen and oxygen atoms in total. The molecule has 0 saturated heterocycles. The first-order valence-electron chi connectivity index (χ1n) is 15.7. The fourth-order valence-corrected chi connectivity index (χ4v) is 6.48. The number of anilines is 1. The van der Waals surface area contributed by atoms with E-state index in [4.69, 9.17) is 21.1 Å². The number of hydrogen-bond donors (Lipinski definition) is 2. The van der Waals surface area contributed by atoms with Gasteiger partial charge in [0.15, 0.2) is 6.10 Å². The van der Waals surface area contributed by atoms with Crippen LogP contribution in [0.25, 0.3) is 0 Å². The first kappa shape index (κ1) is 33.8. The number of fused-ring (bicyclic) bond motifs is 1. The largest absolute Gasteiger partial charge is 0.491 e. The minimum absolute atomic E-state index is 0.0543. The number of benzene rings is 2. The highest BCUT2D eigenvalue weighted by molar-refractivity contribution is 6.30. The Morgan fingerprint density at radius 2 is 2.00 bits per heavy atom. The zero-order chi connectivity index (χ0) is 31.8. The highest BCUT2D eigenvalue weighted by atomic mass is 35.5. The van der Waals surface area contributed by atoms with E-state index in [9.17, 15) is 19.8 Å². The zero-order valence-electron chi connectivity index (χ0n) is 26.4. The summed E-state index contributed by atoms with van der Waals surface area (Å²) in [5, 5.41) is 22.4. The quantitative estimate of drug-likeness (QED) is 0.168. The standard InChI is InChI=1S/C35H47ClN2O6/c1-5-9-24-18-28(36)13-15-29(24)27-21-38(31-19-25(34(41)35(42)43-4)12-16-33(31)44-22-27)20-26-11-14-30(26)32(40)10-7-6-8-17-37(3)23(2)39/h7,10,12-13,15-16,18-19,26-27,30,32,34,40-41H,5-6,8-9,11,14,17,20-22H2,1-4H3/b10-7+. The molecule has 5 unspecified atom stereocenters. The number of aliphatic hydroxyl groups is 2. The number of unbranched alkanes of at least 4 members (excludes halogenated alkanes) is 1. The number of methoxy groups -OCH3 is 1. The lowest BCUT2D eigenvalue weighted by molar-refractivity contribution is -0.150. The molecular weight excluding hydrogens is 580 g/mol. The van der Waals surface area contributed by atoms with Gasteiger partial charge in [-0.15, -0.1) is 0 Å². The number of ether oxygens (including phenoxy) is 2. The predicted molar refractivity (Wildman–Crippen MR) is 173 cm³/mol. The molecule has 0 spiro atoms. The highest BCUT2D eigenvalue weighted by Gasteiger charge is 2.38. The summed E-state index contributed by atoms with van der Waals surface area (Å²) in [5.74, 6) is 0.513. The van der Waals surface area contributed by atoms with Crippen molar-refractivity contribution in [2.24, 2.45) is 11.8 Å². The molecule has 1 aliphatic carbocycles. The minimum Gasteiger partial charge on any atom is -0.491 e. The molecule has 9 heteroatoms. The summed E-state index contributed by atoms with van der Waals surface area (Å²) in [6, 6.07) is 11.5. The van der Waals surface area contributed by atoms with Gasteiger partial charge in [-0.3, -0.25) is 4.79 Å². The third-order valence-electron chi connectivity index (χ3n) is 9.11. The van der Waals surface area contributed by atoms with Crippen LogP contribution in [-0.2, 0) is 20.7 Å². The van der Waals surface area contributed by atoms with Gasteiger partial charge in [-0.2, -0.15) is 0 Å². The SMILES string of the molecule is CCCc1cc(Cl)ccc1C1COc2ccc(C(O)C(=O)OC)cc2N(CC2CCC2C(O)/C=C/CCCN(C)C(C)=O)C1. The van der Waals surface area contributed by atoms with E-state index in [1.807, 2.05) is 30.4 Å². The molecular formula is C35H47ClN2O6. The van der Waals surface area contributed by atoms with Gasteiger partial charge >= 0.3 is 5.97 Å². The highest BCUT2D eigenvalue weighted by Crippen LogP contribution is 2.43. The second kappa shape index (κ2) is 15.8. The van der Waals surface area contributed by atoms with E-state index in [2.05, 4.69) is 24.0 Å². The zero-order valence-corrected chi connectivity index (χ0v) is 27.1. The topological polar surface area (TPSA) is 99.5 Å². The smallest absolute Gasteiger partial charge is 0.339 e. The Labute approximate surface area is 266 Å². The summed E-state index contributed by atoms with van der Waals surface area (Å²) in [6.07, 6.45) is 7.52. The maximum absolute atomic E-state index is 12.2. The van der Waals surface area contributed by atoms with Crippen LogP contribution in [0.15, 0.2) is 48.6 Å². The number of allylic oxidation sites excluding steroid dienone is 1. The van der Waals surface area contributed by atoms with Gasteiger partial charge in [-0.1, -0.05) is 49.2 Å². The molecule has 2 aromatic rings. The molecule has 1 saturated carbocycles. The Hall–Kier alpha value is -3.07. The number of aliphatic hydroxyl groups excluding tert-OH is 2. The monoisotopic (exact) mass is 626 g/mol. The van der Waals surface area contributed by atoms with Crippen LogP contribution in [0.2, 0.25) is 5.02 Å². The van der Waals surface area contributed by atoms with E-state index in [0.717, 1.165) is 49.2 Å². The van der Waals surface area contributed by atoms with Crippen LogP contribution in [0.1, 0.15) is 74.7 Å². The summed E-state index contributed by atoms with van der Waals surface area (Å²) < 4.78 is 11.2. The molecule has 1 fully saturated rings. The molecule has 4 rings (SSSR count). The van der Waals surface area contributed by atoms with Crippen molar-refractivity contribution >= 4 is 29.2 Å². The lowest BCUT2D eigenvalue weighted by atomic mass is 9.70. The summed E-state index contributed by atoms with van der Waals surface area (Å²) in [7, 11) is 3.06. The number of carbonyl (C=O) groups is 2. The van der Waals surface area contributed by atoms with Crippen molar-refractivity contribution in [2.75, 3.05) is 45.3 Å². The Bertz CT molecular complexity index is 1320. The number of hydrogen-bond acceptors (Lipinski definition) is 7. The number of carbonyl (C=O) groups excluding carboxylic acids is 2. The van der Waals surface area contributed by atoms with Crippen LogP contribution in [0.4, 0.5) is 5.69 Å². The first-order valence-corrected chi connectivity index (χ1v) is 16.1. The summed E-state index contributed by atoms with van der Waals surface area (Å²) in [4.78, 5) is 27.6. The Morgan fingerprint density at radius 1 is 1.20 bits per heavy atom. The van der Waals surface area contributed by atoms with Crippen molar-refractivity contribution in [1.29, 1.82) is 0 Å². The molecule has 1 aliphatic heterocycles. The van der Waals surface area contributed by atoms with Gasteiger partial charge in [0.25, 0.3) is 0 Å². The van der Waals surface area contributed by atoms with Gasteiger partial charge in [0.05, 0.1) is 25.5 Å². The number of esters is 1. The lowest BCUT2D eigenvalue weighted by Crippen LogP contribution is -2.44. The Kier molecular flexibility index (Phi) is 12.1. The first-order chi connectivity index (χ1) is 21.1. The van der Waals surface area contributed by atoms with Gasteiger partial charge in [0, 0.05) is 44.5 Å². The van der Waals surface area contributed by atoms with Gasteiger partial charge in [-0.25, -0.2) is 4.79 Å². The van der Waals surface area contributed by atoms with Gasteiger partial charge < -0.3 is 29.5 Å². The fraction of sp³-hybridized carbons (Fsp3) is 0.543. The molecule has 0 bridgehead atoms. The Morgan fingerprint density at radius 3 is 2.68 bits per heavy atom. The van der Waals surface area contributed by atoms with E-state index in [-0.39, 0.29) is 23.7 Å². The maximum Gasteiger partial charge on any atom is 0.339 e. The molecule has 240 valence electrons. The van der Waals surface area contributed by atoms with Crippen LogP contribution < -0.4 is 9.64 Å². The third-order valence-corrected chi connectivity index (χ3v) is 9.35. The van der Waals surface area contributed by atoms with E-state index in [1.54, 1.807) is 24.9 Å². The fourth-order valence-electron chi connectivity index (χ4n) is 6.28. The second-order valence-electron chi connectivity index (χ2n) is 12.2. The van der Waals surface area contributed by atoms with E-state index in [1.165, 1.54) is 18.2 Å². The average Bonchev–Trinajstić information content (AvgIpc) is 3.17. The van der Waals surface area contributed by atoms with Crippen LogP contribution in [0.5, 0.6) is 5.75 Å². The molecule has 44 heavy (non-hydrogen) atoms. The van der Waals surface area contributed by atoms with Crippen molar-refractivity contribution in [1.82, 2.24) is 4.90 Å². The van der Waals surface area contributed by atoms with Crippen molar-refractivity contribution in [3.05, 3.63) is 70.3 Å². The lowest BCUT2D eigenvalue weighted by Gasteiger charge is -2.42. The van der Waals surface area contributed by atoms with Gasteiger partial charge in [0.2, 0.25) is 5.91 Å². The third kappa shape index (κ3) is 8.34. The molecule has 5 atom stereocenters. The normalized spacial score (nSPS) is 21.1. The number of rotatable bonds is 13. The molecule has 2 aromatic carbocycles. The van der Waals surface area contributed by atoms with Crippen molar-refractivity contribution in [2.45, 2.75) is 70.5 Å². The molecule has 0 radical (unpaired) electrons. The Balaban J connectivity index is 1.55. The minimum atomic E-state index is -1.39. The average molecular weight is 627 g/mol. The van der Waals surface area contributed by atoms with Crippen molar-refractivity contribution < 1.29 is 29.3 Å². The van der Waals surface area contributed by atoms with E-state index < -0.39 is 18.2 Å². The van der Waals surface area contributed by atoms with Gasteiger partial charge in [0.1, 0.15) is 5.75 Å². The van der Waals surface area contributed by atoms with Crippen LogP contribution in [0.3, 0.4) is 0 Å².